The summed E-state index contributed by atoms with van der Waals surface area (Å²) >= 11 is 0. The second-order valence-electron chi connectivity index (χ2n) is 4.36. The lowest BCUT2D eigenvalue weighted by Gasteiger charge is -2.12. The molecule has 0 atom stereocenters. The van der Waals surface area contributed by atoms with Gasteiger partial charge in [0.1, 0.15) is 18.1 Å². The Morgan fingerprint density at radius 2 is 1.82 bits per heavy atom. The lowest BCUT2D eigenvalue weighted by Crippen LogP contribution is -2.05. The van der Waals surface area contributed by atoms with Crippen LogP contribution in [0.5, 0.6) is 11.5 Å². The van der Waals surface area contributed by atoms with Gasteiger partial charge in [0.05, 0.1) is 0 Å². The average Bonchev–Trinajstić information content (AvgIpc) is 2.53. The molecule has 0 fully saturated rings. The van der Waals surface area contributed by atoms with Crippen molar-refractivity contribution in [1.82, 2.24) is 0 Å². The molecule has 0 aliphatic rings. The average molecular weight is 298 g/mol. The first-order chi connectivity index (χ1) is 10.6. The van der Waals surface area contributed by atoms with E-state index in [0.29, 0.717) is 16.3 Å². The highest BCUT2D eigenvalue weighted by molar-refractivity contribution is 5.97. The van der Waals surface area contributed by atoms with E-state index in [1.165, 1.54) is 6.07 Å². The maximum atomic E-state index is 11.4. The number of carbonyl (C=O) groups is 2. The second-order valence-corrected chi connectivity index (χ2v) is 4.36. The van der Waals surface area contributed by atoms with Crippen LogP contribution in [-0.4, -0.2) is 17.0 Å². The van der Waals surface area contributed by atoms with Gasteiger partial charge in [-0.1, -0.05) is 31.4 Å². The molecule has 112 valence electrons. The van der Waals surface area contributed by atoms with Crippen molar-refractivity contribution in [2.24, 2.45) is 0 Å². The smallest absolute Gasteiger partial charge is 0.335 e. The first kappa shape index (κ1) is 15.3. The number of phenols is 1. The highest BCUT2D eigenvalue weighted by Gasteiger charge is 2.13. The summed E-state index contributed by atoms with van der Waals surface area (Å²) in [5.41, 5.74) is 0.585. The molecule has 0 saturated carbocycles. The van der Waals surface area contributed by atoms with Crippen LogP contribution in [-0.2, 0) is 20.9 Å². The van der Waals surface area contributed by atoms with E-state index in [9.17, 15) is 14.7 Å². The van der Waals surface area contributed by atoms with Crippen LogP contribution in [0.3, 0.4) is 0 Å². The van der Waals surface area contributed by atoms with Crippen molar-refractivity contribution in [3.8, 4) is 11.5 Å². The van der Waals surface area contributed by atoms with Crippen LogP contribution in [0.25, 0.3) is 10.8 Å². The van der Waals surface area contributed by atoms with Crippen LogP contribution in [0.1, 0.15) is 5.56 Å². The van der Waals surface area contributed by atoms with Crippen LogP contribution in [0.4, 0.5) is 0 Å². The van der Waals surface area contributed by atoms with Gasteiger partial charge in [0, 0.05) is 28.5 Å². The van der Waals surface area contributed by atoms with E-state index >= 15 is 0 Å². The first-order valence-corrected chi connectivity index (χ1v) is 6.44. The number of fused-ring (bicyclic) bond motifs is 1. The van der Waals surface area contributed by atoms with Gasteiger partial charge in [-0.2, -0.15) is 0 Å². The van der Waals surface area contributed by atoms with Crippen LogP contribution < -0.4 is 4.74 Å². The molecule has 0 aliphatic carbocycles. The van der Waals surface area contributed by atoms with Gasteiger partial charge in [-0.25, -0.2) is 9.59 Å². The number of phenolic OH excluding ortho intramolecular Hbond substituents is 1. The van der Waals surface area contributed by atoms with Crippen molar-refractivity contribution < 1.29 is 24.2 Å². The molecule has 2 rings (SSSR count). The number of rotatable bonds is 5. The highest BCUT2D eigenvalue weighted by Crippen LogP contribution is 2.35. The van der Waals surface area contributed by atoms with E-state index in [0.717, 1.165) is 12.2 Å². The van der Waals surface area contributed by atoms with Crippen LogP contribution in [0, 0.1) is 0 Å². The van der Waals surface area contributed by atoms with E-state index in [-0.39, 0.29) is 18.1 Å². The van der Waals surface area contributed by atoms with E-state index < -0.39 is 11.9 Å². The zero-order chi connectivity index (χ0) is 16.1. The summed E-state index contributed by atoms with van der Waals surface area (Å²) in [6.45, 7) is 6.62. The van der Waals surface area contributed by atoms with Crippen LogP contribution in [0.2, 0.25) is 0 Å². The molecular formula is C17H14O5. The summed E-state index contributed by atoms with van der Waals surface area (Å²) < 4.78 is 10.1. The fourth-order valence-corrected chi connectivity index (χ4v) is 2.00. The number of carbonyl (C=O) groups excluding carboxylic acids is 2. The fourth-order valence-electron chi connectivity index (χ4n) is 2.00. The molecular weight excluding hydrogens is 284 g/mol. The quantitative estimate of drug-likeness (QED) is 0.522. The standard InChI is InChI=1S/C17H14O5/c1-3-15(19)21-10-11-8-9-14(22-16(20)4-2)12-6-5-7-13(18)17(11)12/h3-9,18H,1-2,10H2. The molecule has 5 heteroatoms. The Labute approximate surface area is 127 Å². The van der Waals surface area contributed by atoms with Crippen molar-refractivity contribution in [3.05, 3.63) is 61.2 Å². The van der Waals surface area contributed by atoms with E-state index in [1.54, 1.807) is 24.3 Å². The van der Waals surface area contributed by atoms with Crippen molar-refractivity contribution in [2.75, 3.05) is 0 Å². The molecule has 2 aromatic carbocycles. The molecule has 0 spiro atoms. The largest absolute Gasteiger partial charge is 0.507 e. The van der Waals surface area contributed by atoms with Gasteiger partial charge in [-0.15, -0.1) is 0 Å². The number of aromatic hydroxyl groups is 1. The van der Waals surface area contributed by atoms with Gasteiger partial charge in [0.2, 0.25) is 0 Å². The lowest BCUT2D eigenvalue weighted by molar-refractivity contribution is -0.139. The van der Waals surface area contributed by atoms with Gasteiger partial charge >= 0.3 is 11.9 Å². The van der Waals surface area contributed by atoms with Crippen molar-refractivity contribution in [3.63, 3.8) is 0 Å². The number of esters is 2. The monoisotopic (exact) mass is 298 g/mol. The van der Waals surface area contributed by atoms with E-state index in [1.807, 2.05) is 0 Å². The molecule has 0 aromatic heterocycles. The summed E-state index contributed by atoms with van der Waals surface area (Å²) in [4.78, 5) is 22.5. The first-order valence-electron chi connectivity index (χ1n) is 6.44. The minimum absolute atomic E-state index is 0.00125. The minimum atomic E-state index is -0.601. The second kappa shape index (κ2) is 6.58. The third-order valence-electron chi connectivity index (χ3n) is 2.98. The maximum absolute atomic E-state index is 11.4. The predicted octanol–water partition coefficient (Wildman–Crippen LogP) is 2.87. The number of benzene rings is 2. The molecule has 22 heavy (non-hydrogen) atoms. The summed E-state index contributed by atoms with van der Waals surface area (Å²) in [5.74, 6) is -0.880. The third kappa shape index (κ3) is 3.15. The summed E-state index contributed by atoms with van der Waals surface area (Å²) in [6, 6.07) is 8.01. The molecule has 0 aliphatic heterocycles. The highest BCUT2D eigenvalue weighted by atomic mass is 16.5. The number of hydrogen-bond donors (Lipinski definition) is 1. The maximum Gasteiger partial charge on any atom is 0.335 e. The van der Waals surface area contributed by atoms with Gasteiger partial charge in [0.25, 0.3) is 0 Å². The molecule has 2 aromatic rings. The Morgan fingerprint density at radius 3 is 2.50 bits per heavy atom. The Balaban J connectivity index is 2.49. The van der Waals surface area contributed by atoms with Crippen molar-refractivity contribution in [1.29, 1.82) is 0 Å². The van der Waals surface area contributed by atoms with E-state index in [4.69, 9.17) is 9.47 Å². The Kier molecular flexibility index (Phi) is 4.58. The summed E-state index contributed by atoms with van der Waals surface area (Å²) in [5, 5.41) is 11.1. The molecule has 1 N–H and O–H groups in total. The van der Waals surface area contributed by atoms with Gasteiger partial charge < -0.3 is 14.6 Å². The summed E-state index contributed by atoms with van der Waals surface area (Å²) in [7, 11) is 0. The normalized spacial score (nSPS) is 10.0. The number of hydrogen-bond acceptors (Lipinski definition) is 5. The van der Waals surface area contributed by atoms with Gasteiger partial charge in [-0.05, 0) is 12.1 Å². The SMILES string of the molecule is C=CC(=O)OCc1ccc(OC(=O)C=C)c2cccc(O)c12. The minimum Gasteiger partial charge on any atom is -0.507 e. The molecule has 0 amide bonds. The summed E-state index contributed by atoms with van der Waals surface area (Å²) in [6.07, 6.45) is 2.11. The predicted molar refractivity (Wildman–Crippen MR) is 81.4 cm³/mol. The topological polar surface area (TPSA) is 72.8 Å². The third-order valence-corrected chi connectivity index (χ3v) is 2.98. The van der Waals surface area contributed by atoms with E-state index in [2.05, 4.69) is 13.2 Å². The molecule has 0 saturated heterocycles. The molecule has 0 bridgehead atoms. The van der Waals surface area contributed by atoms with Gasteiger partial charge in [-0.3, -0.25) is 0 Å². The zero-order valence-electron chi connectivity index (χ0n) is 11.7. The molecule has 5 nitrogen and oxygen atoms in total. The fraction of sp³-hybridized carbons (Fsp3) is 0.0588. The Hall–Kier alpha value is -3.08. The lowest BCUT2D eigenvalue weighted by atomic mass is 10.0. The van der Waals surface area contributed by atoms with Crippen molar-refractivity contribution in [2.45, 2.75) is 6.61 Å². The molecule has 0 heterocycles. The van der Waals surface area contributed by atoms with Gasteiger partial charge in [0.15, 0.2) is 0 Å². The Morgan fingerprint density at radius 1 is 1.09 bits per heavy atom. The zero-order valence-corrected chi connectivity index (χ0v) is 11.7. The van der Waals surface area contributed by atoms with Crippen LogP contribution >= 0.6 is 0 Å². The Bertz CT molecular complexity index is 761. The molecule has 0 radical (unpaired) electrons. The number of ether oxygens (including phenoxy) is 2. The van der Waals surface area contributed by atoms with Crippen LogP contribution in [0.15, 0.2) is 55.6 Å². The van der Waals surface area contributed by atoms with Crippen molar-refractivity contribution >= 4 is 22.7 Å². The molecule has 0 unspecified atom stereocenters.